The Morgan fingerprint density at radius 3 is 2.20 bits per heavy atom. The SMILES string of the molecule is CC(C)(O)CCCNC(=O)OCC1c2ccccc2-c2ccccc21. The molecule has 4 nitrogen and oxygen atoms in total. The Bertz CT molecular complexity index is 703. The van der Waals surface area contributed by atoms with Crippen LogP contribution in [0.15, 0.2) is 48.5 Å². The maximum Gasteiger partial charge on any atom is 0.407 e. The molecule has 0 radical (unpaired) electrons. The van der Waals surface area contributed by atoms with Gasteiger partial charge >= 0.3 is 6.09 Å². The molecule has 0 spiro atoms. The van der Waals surface area contributed by atoms with E-state index in [9.17, 15) is 9.90 Å². The van der Waals surface area contributed by atoms with Crippen LogP contribution in [0.4, 0.5) is 4.79 Å². The van der Waals surface area contributed by atoms with Gasteiger partial charge in [-0.15, -0.1) is 0 Å². The van der Waals surface area contributed by atoms with Crippen LogP contribution in [0.25, 0.3) is 11.1 Å². The van der Waals surface area contributed by atoms with Crippen molar-refractivity contribution in [1.82, 2.24) is 5.32 Å². The summed E-state index contributed by atoms with van der Waals surface area (Å²) >= 11 is 0. The minimum absolute atomic E-state index is 0.0783. The molecule has 132 valence electrons. The van der Waals surface area contributed by atoms with Gasteiger partial charge in [-0.2, -0.15) is 0 Å². The molecule has 0 bridgehead atoms. The number of amides is 1. The summed E-state index contributed by atoms with van der Waals surface area (Å²) < 4.78 is 5.46. The molecular formula is C21H25NO3. The van der Waals surface area contributed by atoms with Gasteiger partial charge in [-0.1, -0.05) is 48.5 Å². The summed E-state index contributed by atoms with van der Waals surface area (Å²) in [6.07, 6.45) is 0.947. The molecule has 25 heavy (non-hydrogen) atoms. The van der Waals surface area contributed by atoms with Gasteiger partial charge in [0.1, 0.15) is 6.61 Å². The second-order valence-electron chi connectivity index (χ2n) is 7.17. The van der Waals surface area contributed by atoms with E-state index in [1.54, 1.807) is 13.8 Å². The van der Waals surface area contributed by atoms with Gasteiger partial charge in [0.25, 0.3) is 0 Å². The van der Waals surface area contributed by atoms with E-state index in [-0.39, 0.29) is 5.92 Å². The summed E-state index contributed by atoms with van der Waals surface area (Å²) in [6, 6.07) is 16.6. The van der Waals surface area contributed by atoms with Crippen LogP contribution >= 0.6 is 0 Å². The Hall–Kier alpha value is -2.33. The van der Waals surface area contributed by atoms with Crippen molar-refractivity contribution in [1.29, 1.82) is 0 Å². The molecule has 4 heteroatoms. The van der Waals surface area contributed by atoms with Crippen molar-refractivity contribution < 1.29 is 14.6 Å². The number of rotatable bonds is 6. The van der Waals surface area contributed by atoms with Crippen molar-refractivity contribution in [2.75, 3.05) is 13.2 Å². The molecule has 2 N–H and O–H groups in total. The Morgan fingerprint density at radius 2 is 1.64 bits per heavy atom. The first-order valence-corrected chi connectivity index (χ1v) is 8.77. The number of benzene rings is 2. The summed E-state index contributed by atoms with van der Waals surface area (Å²) in [7, 11) is 0. The van der Waals surface area contributed by atoms with Crippen LogP contribution in [0.5, 0.6) is 0 Å². The zero-order valence-electron chi connectivity index (χ0n) is 14.8. The van der Waals surface area contributed by atoms with Gasteiger partial charge in [0.2, 0.25) is 0 Å². The Balaban J connectivity index is 1.57. The van der Waals surface area contributed by atoms with Crippen LogP contribution in [0.1, 0.15) is 43.7 Å². The summed E-state index contributed by atoms with van der Waals surface area (Å²) in [5.74, 6) is 0.0783. The van der Waals surface area contributed by atoms with E-state index in [0.29, 0.717) is 26.0 Å². The number of fused-ring (bicyclic) bond motifs is 3. The maximum atomic E-state index is 12.0. The number of ether oxygens (including phenoxy) is 1. The lowest BCUT2D eigenvalue weighted by atomic mass is 9.98. The van der Waals surface area contributed by atoms with Gasteiger partial charge in [0.05, 0.1) is 5.60 Å². The Morgan fingerprint density at radius 1 is 1.08 bits per heavy atom. The zero-order valence-corrected chi connectivity index (χ0v) is 14.8. The van der Waals surface area contributed by atoms with Gasteiger partial charge in [-0.05, 0) is 48.9 Å². The van der Waals surface area contributed by atoms with E-state index in [0.717, 1.165) is 0 Å². The van der Waals surface area contributed by atoms with Crippen LogP contribution < -0.4 is 5.32 Å². The van der Waals surface area contributed by atoms with Gasteiger partial charge in [0.15, 0.2) is 0 Å². The molecule has 0 aromatic heterocycles. The molecule has 1 aliphatic rings. The first-order chi connectivity index (χ1) is 12.0. The summed E-state index contributed by atoms with van der Waals surface area (Å²) in [6.45, 7) is 4.35. The van der Waals surface area contributed by atoms with Crippen molar-refractivity contribution in [2.45, 2.75) is 38.2 Å². The second-order valence-corrected chi connectivity index (χ2v) is 7.17. The summed E-state index contributed by atoms with van der Waals surface area (Å²) in [5.41, 5.74) is 4.15. The highest BCUT2D eigenvalue weighted by Crippen LogP contribution is 2.44. The predicted molar refractivity (Wildman–Crippen MR) is 98.6 cm³/mol. The van der Waals surface area contributed by atoms with Crippen molar-refractivity contribution in [3.63, 3.8) is 0 Å². The highest BCUT2D eigenvalue weighted by Gasteiger charge is 2.28. The fourth-order valence-corrected chi connectivity index (χ4v) is 3.36. The molecule has 0 fully saturated rings. The Labute approximate surface area is 148 Å². The minimum atomic E-state index is -0.706. The lowest BCUT2D eigenvalue weighted by molar-refractivity contribution is 0.0683. The third kappa shape index (κ3) is 4.20. The minimum Gasteiger partial charge on any atom is -0.449 e. The van der Waals surface area contributed by atoms with Crippen molar-refractivity contribution in [2.24, 2.45) is 0 Å². The van der Waals surface area contributed by atoms with E-state index in [4.69, 9.17) is 4.74 Å². The van der Waals surface area contributed by atoms with Crippen LogP contribution in [0, 0.1) is 0 Å². The summed E-state index contributed by atoms with van der Waals surface area (Å²) in [4.78, 5) is 12.0. The number of nitrogens with one attached hydrogen (secondary N) is 1. The fraction of sp³-hybridized carbons (Fsp3) is 0.381. The number of hydrogen-bond donors (Lipinski definition) is 2. The van der Waals surface area contributed by atoms with Crippen molar-refractivity contribution in [3.8, 4) is 11.1 Å². The van der Waals surface area contributed by atoms with Crippen LogP contribution in [-0.4, -0.2) is 30.0 Å². The van der Waals surface area contributed by atoms with E-state index in [1.165, 1.54) is 22.3 Å². The van der Waals surface area contributed by atoms with Crippen molar-refractivity contribution in [3.05, 3.63) is 59.7 Å². The van der Waals surface area contributed by atoms with Crippen LogP contribution in [0.3, 0.4) is 0 Å². The monoisotopic (exact) mass is 339 g/mol. The number of alkyl carbamates (subject to hydrolysis) is 1. The lowest BCUT2D eigenvalue weighted by Gasteiger charge is -2.17. The third-order valence-electron chi connectivity index (χ3n) is 4.58. The van der Waals surface area contributed by atoms with Gasteiger partial charge in [-0.3, -0.25) is 0 Å². The topological polar surface area (TPSA) is 58.6 Å². The largest absolute Gasteiger partial charge is 0.449 e. The average molecular weight is 339 g/mol. The molecule has 0 heterocycles. The molecule has 1 aliphatic carbocycles. The number of carbonyl (C=O) groups is 1. The smallest absolute Gasteiger partial charge is 0.407 e. The molecule has 2 aromatic rings. The molecule has 0 atom stereocenters. The maximum absolute atomic E-state index is 12.0. The van der Waals surface area contributed by atoms with Gasteiger partial charge in [0, 0.05) is 12.5 Å². The van der Waals surface area contributed by atoms with Crippen LogP contribution in [-0.2, 0) is 4.74 Å². The molecule has 2 aromatic carbocycles. The molecule has 1 amide bonds. The van der Waals surface area contributed by atoms with Crippen LogP contribution in [0.2, 0.25) is 0 Å². The first-order valence-electron chi connectivity index (χ1n) is 8.77. The average Bonchev–Trinajstić information content (AvgIpc) is 2.90. The van der Waals surface area contributed by atoms with Gasteiger partial charge < -0.3 is 15.2 Å². The third-order valence-corrected chi connectivity index (χ3v) is 4.58. The van der Waals surface area contributed by atoms with E-state index >= 15 is 0 Å². The lowest BCUT2D eigenvalue weighted by Crippen LogP contribution is -2.28. The van der Waals surface area contributed by atoms with E-state index in [2.05, 4.69) is 29.6 Å². The van der Waals surface area contributed by atoms with Gasteiger partial charge in [-0.25, -0.2) is 4.79 Å². The number of carbonyl (C=O) groups excluding carboxylic acids is 1. The molecule has 3 rings (SSSR count). The molecule has 0 aliphatic heterocycles. The van der Waals surface area contributed by atoms with Crippen molar-refractivity contribution >= 4 is 6.09 Å². The van der Waals surface area contributed by atoms with E-state index in [1.807, 2.05) is 24.3 Å². The Kier molecular flexibility index (Phi) is 5.09. The quantitative estimate of drug-likeness (QED) is 0.780. The summed E-state index contributed by atoms with van der Waals surface area (Å²) in [5, 5.41) is 12.4. The molecular weight excluding hydrogens is 314 g/mol. The number of aliphatic hydroxyl groups is 1. The molecule has 0 saturated carbocycles. The fourth-order valence-electron chi connectivity index (χ4n) is 3.36. The zero-order chi connectivity index (χ0) is 17.9. The predicted octanol–water partition coefficient (Wildman–Crippen LogP) is 4.08. The van der Waals surface area contributed by atoms with E-state index < -0.39 is 11.7 Å². The first kappa shape index (κ1) is 17.5. The molecule has 0 unspecified atom stereocenters. The highest BCUT2D eigenvalue weighted by atomic mass is 16.5. The second kappa shape index (κ2) is 7.28. The highest BCUT2D eigenvalue weighted by molar-refractivity contribution is 5.79. The normalized spacial score (nSPS) is 13.2. The number of hydrogen-bond acceptors (Lipinski definition) is 3. The molecule has 0 saturated heterocycles. The standard InChI is InChI=1S/C21H25NO3/c1-21(2,24)12-7-13-22-20(23)25-14-19-17-10-5-3-8-15(17)16-9-4-6-11-18(16)19/h3-6,8-11,19,24H,7,12-14H2,1-2H3,(H,22,23).